The number of aryl methyl sites for hydroxylation is 1. The number of ether oxygens (including phenoxy) is 1. The van der Waals surface area contributed by atoms with Crippen molar-refractivity contribution in [2.75, 3.05) is 26.7 Å². The van der Waals surface area contributed by atoms with Crippen molar-refractivity contribution in [3.05, 3.63) is 47.5 Å². The number of hydrogen-bond donors (Lipinski definition) is 0. The summed E-state index contributed by atoms with van der Waals surface area (Å²) in [7, 11) is -2.32. The van der Waals surface area contributed by atoms with Crippen LogP contribution >= 0.6 is 0 Å². The van der Waals surface area contributed by atoms with Crippen LogP contribution in [0.2, 0.25) is 0 Å². The molecule has 3 heterocycles. The predicted octanol–water partition coefficient (Wildman–Crippen LogP) is 2.95. The zero-order chi connectivity index (χ0) is 22.0. The van der Waals surface area contributed by atoms with Crippen LogP contribution in [0.15, 0.2) is 35.4 Å². The molecule has 2 fully saturated rings. The van der Waals surface area contributed by atoms with Gasteiger partial charge in [-0.1, -0.05) is 12.1 Å². The molecule has 8 nitrogen and oxygen atoms in total. The molecule has 9 heteroatoms. The molecule has 0 radical (unpaired) electrons. The van der Waals surface area contributed by atoms with Crippen molar-refractivity contribution >= 4 is 15.9 Å². The Kier molecular flexibility index (Phi) is 6.24. The number of amides is 1. The van der Waals surface area contributed by atoms with E-state index in [9.17, 15) is 13.2 Å². The third-order valence-corrected chi connectivity index (χ3v) is 7.98. The highest BCUT2D eigenvalue weighted by Gasteiger charge is 2.39. The number of methoxy groups -OCH3 is 1. The number of sulfonamides is 1. The minimum atomic E-state index is -3.78. The van der Waals surface area contributed by atoms with Gasteiger partial charge in [0.1, 0.15) is 16.5 Å². The Balaban J connectivity index is 1.61. The van der Waals surface area contributed by atoms with Gasteiger partial charge in [0.25, 0.3) is 5.91 Å². The van der Waals surface area contributed by atoms with Crippen molar-refractivity contribution in [2.45, 2.75) is 50.0 Å². The summed E-state index contributed by atoms with van der Waals surface area (Å²) in [6.45, 7) is 3.69. The number of carbonyl (C=O) groups is 1. The molecule has 0 bridgehead atoms. The molecule has 166 valence electrons. The number of para-hydroxylation sites is 1. The second-order valence-corrected chi connectivity index (χ2v) is 9.86. The number of carbonyl (C=O) groups excluding carboxylic acids is 1. The number of hydrogen-bond acceptors (Lipinski definition) is 6. The lowest BCUT2D eigenvalue weighted by Crippen LogP contribution is -2.36. The Morgan fingerprint density at radius 2 is 1.84 bits per heavy atom. The molecule has 1 amide bonds. The topological polar surface area (TPSA) is 92.7 Å². The second kappa shape index (κ2) is 8.92. The van der Waals surface area contributed by atoms with Crippen LogP contribution in [0.4, 0.5) is 0 Å². The maximum Gasteiger partial charge on any atom is 0.257 e. The largest absolute Gasteiger partial charge is 0.495 e. The zero-order valence-electron chi connectivity index (χ0n) is 18.0. The van der Waals surface area contributed by atoms with E-state index in [0.717, 1.165) is 38.8 Å². The monoisotopic (exact) mass is 444 g/mol. The van der Waals surface area contributed by atoms with Gasteiger partial charge in [-0.05, 0) is 51.2 Å². The van der Waals surface area contributed by atoms with E-state index in [1.807, 2.05) is 4.90 Å². The summed E-state index contributed by atoms with van der Waals surface area (Å²) < 4.78 is 33.5. The summed E-state index contributed by atoms with van der Waals surface area (Å²) >= 11 is 0. The Morgan fingerprint density at radius 3 is 2.55 bits per heavy atom. The van der Waals surface area contributed by atoms with E-state index in [4.69, 9.17) is 4.74 Å². The molecule has 1 aromatic carbocycles. The lowest BCUT2D eigenvalue weighted by Gasteiger charge is -2.27. The van der Waals surface area contributed by atoms with Crippen LogP contribution in [0.3, 0.4) is 0 Å². The van der Waals surface area contributed by atoms with E-state index >= 15 is 0 Å². The van der Waals surface area contributed by atoms with Crippen molar-refractivity contribution in [3.8, 4) is 5.75 Å². The van der Waals surface area contributed by atoms with Gasteiger partial charge in [0.2, 0.25) is 10.0 Å². The fourth-order valence-electron chi connectivity index (χ4n) is 4.37. The van der Waals surface area contributed by atoms with Gasteiger partial charge in [-0.25, -0.2) is 18.4 Å². The molecule has 2 saturated heterocycles. The Morgan fingerprint density at radius 1 is 1.10 bits per heavy atom. The van der Waals surface area contributed by atoms with Crippen LogP contribution in [-0.2, 0) is 10.0 Å². The Labute approximate surface area is 183 Å². The summed E-state index contributed by atoms with van der Waals surface area (Å²) in [5.41, 5.74) is 1.07. The first-order valence-corrected chi connectivity index (χ1v) is 12.1. The number of benzene rings is 1. The highest BCUT2D eigenvalue weighted by molar-refractivity contribution is 7.89. The third kappa shape index (κ3) is 4.16. The van der Waals surface area contributed by atoms with Gasteiger partial charge in [0.15, 0.2) is 0 Å². The molecule has 2 aliphatic heterocycles. The molecule has 1 atom stereocenters. The van der Waals surface area contributed by atoms with Gasteiger partial charge >= 0.3 is 0 Å². The average Bonchev–Trinajstić information content (AvgIpc) is 3.30. The third-order valence-electron chi connectivity index (χ3n) is 6.03. The van der Waals surface area contributed by atoms with Crippen LogP contribution in [0.5, 0.6) is 5.75 Å². The van der Waals surface area contributed by atoms with Crippen molar-refractivity contribution in [1.82, 2.24) is 19.2 Å². The number of piperidine rings is 1. The van der Waals surface area contributed by atoms with Gasteiger partial charge in [-0.2, -0.15) is 4.31 Å². The second-order valence-electron chi connectivity index (χ2n) is 8.00. The first-order valence-electron chi connectivity index (χ1n) is 10.7. The molecule has 2 aliphatic rings. The molecule has 1 unspecified atom stereocenters. The average molecular weight is 445 g/mol. The van der Waals surface area contributed by atoms with E-state index in [0.29, 0.717) is 35.8 Å². The lowest BCUT2D eigenvalue weighted by molar-refractivity contribution is 0.0722. The standard InChI is InChI=1S/C22H28N4O4S/c1-16-17(22(27)25-12-6-3-7-13-25)15-23-21(24-16)18-9-8-14-26(18)31(28,29)20-11-5-4-10-19(20)30-2/h4-5,10-11,15,18H,3,6-9,12-14H2,1-2H3. The first kappa shape index (κ1) is 21.7. The molecule has 1 aromatic heterocycles. The highest BCUT2D eigenvalue weighted by atomic mass is 32.2. The SMILES string of the molecule is COc1ccccc1S(=O)(=O)N1CCCC1c1ncc(C(=O)N2CCCCC2)c(C)n1. The molecule has 0 N–H and O–H groups in total. The minimum absolute atomic E-state index is 0.0475. The minimum Gasteiger partial charge on any atom is -0.495 e. The van der Waals surface area contributed by atoms with Crippen molar-refractivity contribution in [2.24, 2.45) is 0 Å². The predicted molar refractivity (Wildman–Crippen MR) is 115 cm³/mol. The molecular formula is C22H28N4O4S. The summed E-state index contributed by atoms with van der Waals surface area (Å²) in [4.78, 5) is 23.9. The van der Waals surface area contributed by atoms with Crippen LogP contribution in [-0.4, -0.2) is 60.2 Å². The van der Waals surface area contributed by atoms with Crippen molar-refractivity contribution in [3.63, 3.8) is 0 Å². The van der Waals surface area contributed by atoms with E-state index < -0.39 is 16.1 Å². The van der Waals surface area contributed by atoms with Gasteiger partial charge in [0, 0.05) is 25.8 Å². The quantitative estimate of drug-likeness (QED) is 0.704. The van der Waals surface area contributed by atoms with E-state index in [-0.39, 0.29) is 10.8 Å². The summed E-state index contributed by atoms with van der Waals surface area (Å²) in [5.74, 6) is 0.699. The summed E-state index contributed by atoms with van der Waals surface area (Å²) in [5, 5.41) is 0. The lowest BCUT2D eigenvalue weighted by atomic mass is 10.1. The highest BCUT2D eigenvalue weighted by Crippen LogP contribution is 2.37. The molecular weight excluding hydrogens is 416 g/mol. The van der Waals surface area contributed by atoms with Crippen LogP contribution < -0.4 is 4.74 Å². The van der Waals surface area contributed by atoms with Crippen LogP contribution in [0.25, 0.3) is 0 Å². The van der Waals surface area contributed by atoms with Crippen LogP contribution in [0.1, 0.15) is 60.0 Å². The van der Waals surface area contributed by atoms with E-state index in [1.165, 1.54) is 11.4 Å². The van der Waals surface area contributed by atoms with Gasteiger partial charge in [-0.15, -0.1) is 0 Å². The first-order chi connectivity index (χ1) is 14.9. The maximum atomic E-state index is 13.4. The van der Waals surface area contributed by atoms with E-state index in [1.54, 1.807) is 37.4 Å². The molecule has 0 spiro atoms. The fraction of sp³-hybridized carbons (Fsp3) is 0.500. The number of likely N-dealkylation sites (tertiary alicyclic amines) is 1. The van der Waals surface area contributed by atoms with Crippen molar-refractivity contribution in [1.29, 1.82) is 0 Å². The normalized spacial score (nSPS) is 20.1. The van der Waals surface area contributed by atoms with Crippen molar-refractivity contribution < 1.29 is 17.9 Å². The summed E-state index contributed by atoms with van der Waals surface area (Å²) in [6, 6.07) is 6.15. The Bertz CT molecular complexity index is 1070. The summed E-state index contributed by atoms with van der Waals surface area (Å²) in [6.07, 6.45) is 6.09. The molecule has 0 aliphatic carbocycles. The molecule has 2 aromatic rings. The molecule has 4 rings (SSSR count). The van der Waals surface area contributed by atoms with Crippen LogP contribution in [0, 0.1) is 6.92 Å². The van der Waals surface area contributed by atoms with Gasteiger partial charge in [-0.3, -0.25) is 4.79 Å². The number of nitrogens with zero attached hydrogens (tertiary/aromatic N) is 4. The number of aromatic nitrogens is 2. The maximum absolute atomic E-state index is 13.4. The molecule has 31 heavy (non-hydrogen) atoms. The Hall–Kier alpha value is -2.52. The van der Waals surface area contributed by atoms with E-state index in [2.05, 4.69) is 9.97 Å². The van der Waals surface area contributed by atoms with Gasteiger partial charge < -0.3 is 9.64 Å². The smallest absolute Gasteiger partial charge is 0.257 e. The zero-order valence-corrected chi connectivity index (χ0v) is 18.8. The van der Waals surface area contributed by atoms with Gasteiger partial charge in [0.05, 0.1) is 24.4 Å². The fourth-order valence-corrected chi connectivity index (χ4v) is 6.18. The molecule has 0 saturated carbocycles. The number of rotatable bonds is 5.